The first-order valence-electron chi connectivity index (χ1n) is 8.69. The van der Waals surface area contributed by atoms with Crippen LogP contribution in [0.3, 0.4) is 0 Å². The number of ether oxygens (including phenoxy) is 1. The van der Waals surface area contributed by atoms with E-state index in [1.807, 2.05) is 54.6 Å². The smallest absolute Gasteiger partial charge is 0.416 e. The summed E-state index contributed by atoms with van der Waals surface area (Å²) in [5, 5.41) is 3.26. The second-order valence-corrected chi connectivity index (χ2v) is 6.19. The molecular formula is C22H20F3NO. The highest BCUT2D eigenvalue weighted by Gasteiger charge is 2.30. The van der Waals surface area contributed by atoms with Crippen LogP contribution < -0.4 is 10.1 Å². The lowest BCUT2D eigenvalue weighted by Gasteiger charge is -2.10. The van der Waals surface area contributed by atoms with Crippen molar-refractivity contribution in [3.8, 4) is 11.5 Å². The van der Waals surface area contributed by atoms with Crippen LogP contribution in [-0.2, 0) is 19.1 Å². The van der Waals surface area contributed by atoms with E-state index in [0.717, 1.165) is 23.1 Å². The summed E-state index contributed by atoms with van der Waals surface area (Å²) in [5.41, 5.74) is 1.11. The lowest BCUT2D eigenvalue weighted by Crippen LogP contribution is -2.17. The van der Waals surface area contributed by atoms with Gasteiger partial charge in [0.1, 0.15) is 11.5 Å². The van der Waals surface area contributed by atoms with E-state index >= 15 is 0 Å². The third kappa shape index (κ3) is 5.86. The summed E-state index contributed by atoms with van der Waals surface area (Å²) in [6.45, 7) is 1.20. The summed E-state index contributed by atoms with van der Waals surface area (Å²) in [6.07, 6.45) is -3.77. The van der Waals surface area contributed by atoms with E-state index in [1.165, 1.54) is 12.1 Å². The Morgan fingerprint density at radius 3 is 2.22 bits per heavy atom. The molecule has 0 fully saturated rings. The largest absolute Gasteiger partial charge is 0.457 e. The molecular weight excluding hydrogens is 351 g/mol. The van der Waals surface area contributed by atoms with Crippen molar-refractivity contribution in [3.63, 3.8) is 0 Å². The minimum absolute atomic E-state index is 0.532. The highest BCUT2D eigenvalue weighted by molar-refractivity contribution is 5.34. The highest BCUT2D eigenvalue weighted by atomic mass is 19.4. The molecule has 27 heavy (non-hydrogen) atoms. The molecule has 0 amide bonds. The monoisotopic (exact) mass is 371 g/mol. The van der Waals surface area contributed by atoms with E-state index in [4.69, 9.17) is 4.74 Å². The van der Waals surface area contributed by atoms with E-state index in [1.54, 1.807) is 6.07 Å². The van der Waals surface area contributed by atoms with Gasteiger partial charge in [-0.15, -0.1) is 0 Å². The third-order valence-electron chi connectivity index (χ3n) is 4.05. The van der Waals surface area contributed by atoms with Crippen molar-refractivity contribution in [2.75, 3.05) is 6.54 Å². The molecule has 0 atom stereocenters. The molecule has 0 radical (unpaired) electrons. The summed E-state index contributed by atoms with van der Waals surface area (Å²) in [5.74, 6) is 1.52. The van der Waals surface area contributed by atoms with Gasteiger partial charge in [-0.2, -0.15) is 13.2 Å². The Labute approximate surface area is 156 Å². The number of hydrogen-bond donors (Lipinski definition) is 1. The Bertz CT molecular complexity index is 863. The molecule has 0 aliphatic heterocycles. The maximum absolute atomic E-state index is 12.7. The Morgan fingerprint density at radius 2 is 1.44 bits per heavy atom. The zero-order valence-corrected chi connectivity index (χ0v) is 14.7. The van der Waals surface area contributed by atoms with Crippen LogP contribution >= 0.6 is 0 Å². The first-order valence-corrected chi connectivity index (χ1v) is 8.69. The van der Waals surface area contributed by atoms with E-state index in [-0.39, 0.29) is 0 Å². The van der Waals surface area contributed by atoms with Gasteiger partial charge < -0.3 is 10.1 Å². The molecule has 0 aliphatic rings. The molecule has 5 heteroatoms. The number of nitrogens with one attached hydrogen (secondary N) is 1. The van der Waals surface area contributed by atoms with Gasteiger partial charge in [0.05, 0.1) is 5.56 Å². The van der Waals surface area contributed by atoms with Crippen molar-refractivity contribution < 1.29 is 17.9 Å². The topological polar surface area (TPSA) is 21.3 Å². The number of hydrogen-bond acceptors (Lipinski definition) is 2. The van der Waals surface area contributed by atoms with Crippen LogP contribution in [0.4, 0.5) is 13.2 Å². The summed E-state index contributed by atoms with van der Waals surface area (Å²) >= 11 is 0. The molecule has 0 heterocycles. The van der Waals surface area contributed by atoms with Crippen LogP contribution in [0.15, 0.2) is 78.9 Å². The summed E-state index contributed by atoms with van der Waals surface area (Å²) in [6, 6.07) is 22.7. The van der Waals surface area contributed by atoms with Gasteiger partial charge in [-0.25, -0.2) is 0 Å². The molecule has 3 rings (SSSR count). The normalized spacial score (nSPS) is 11.4. The Kier molecular flexibility index (Phi) is 6.14. The molecule has 0 unspecified atom stereocenters. The molecule has 0 spiro atoms. The van der Waals surface area contributed by atoms with Gasteiger partial charge in [0.15, 0.2) is 0 Å². The van der Waals surface area contributed by atoms with Gasteiger partial charge in [0, 0.05) is 6.54 Å². The first kappa shape index (κ1) is 19.0. The van der Waals surface area contributed by atoms with Gasteiger partial charge in [-0.1, -0.05) is 48.5 Å². The second kappa shape index (κ2) is 8.73. The van der Waals surface area contributed by atoms with E-state index in [2.05, 4.69) is 5.32 Å². The number of halogens is 3. The van der Waals surface area contributed by atoms with E-state index in [0.29, 0.717) is 25.1 Å². The molecule has 0 saturated heterocycles. The number of para-hydroxylation sites is 1. The van der Waals surface area contributed by atoms with Crippen LogP contribution in [0.2, 0.25) is 0 Å². The average molecular weight is 371 g/mol. The van der Waals surface area contributed by atoms with Gasteiger partial charge in [0.2, 0.25) is 0 Å². The van der Waals surface area contributed by atoms with Gasteiger partial charge in [0.25, 0.3) is 0 Å². The SMILES string of the molecule is FC(F)(F)c1cccc(CCNCc2cccc(Oc3ccccc3)c2)c1. The van der Waals surface area contributed by atoms with E-state index < -0.39 is 11.7 Å². The quantitative estimate of drug-likeness (QED) is 0.528. The zero-order chi connectivity index (χ0) is 19.1. The Hall–Kier alpha value is -2.79. The molecule has 0 bridgehead atoms. The molecule has 3 aromatic rings. The molecule has 0 saturated carbocycles. The van der Waals surface area contributed by atoms with Crippen molar-refractivity contribution >= 4 is 0 Å². The fourth-order valence-electron chi connectivity index (χ4n) is 2.71. The summed E-state index contributed by atoms with van der Waals surface area (Å²) in [7, 11) is 0. The van der Waals surface area contributed by atoms with Crippen molar-refractivity contribution in [1.82, 2.24) is 5.32 Å². The standard InChI is InChI=1S/C22H20F3NO/c23-22(24,25)19-8-4-6-17(14-19)12-13-26-16-18-7-5-11-21(15-18)27-20-9-2-1-3-10-20/h1-11,14-15,26H,12-13,16H2. The van der Waals surface area contributed by atoms with Crippen LogP contribution in [0.1, 0.15) is 16.7 Å². The van der Waals surface area contributed by atoms with Crippen LogP contribution in [0.5, 0.6) is 11.5 Å². The van der Waals surface area contributed by atoms with Crippen LogP contribution in [0.25, 0.3) is 0 Å². The highest BCUT2D eigenvalue weighted by Crippen LogP contribution is 2.29. The maximum atomic E-state index is 12.7. The minimum Gasteiger partial charge on any atom is -0.457 e. The van der Waals surface area contributed by atoms with Crippen molar-refractivity contribution in [2.24, 2.45) is 0 Å². The van der Waals surface area contributed by atoms with Crippen molar-refractivity contribution in [1.29, 1.82) is 0 Å². The lowest BCUT2D eigenvalue weighted by atomic mass is 10.1. The second-order valence-electron chi connectivity index (χ2n) is 6.19. The van der Waals surface area contributed by atoms with Crippen molar-refractivity contribution in [2.45, 2.75) is 19.1 Å². The Morgan fingerprint density at radius 1 is 0.741 bits per heavy atom. The van der Waals surface area contributed by atoms with Gasteiger partial charge in [-0.05, 0) is 54.4 Å². The number of alkyl halides is 3. The summed E-state index contributed by atoms with van der Waals surface area (Å²) in [4.78, 5) is 0. The average Bonchev–Trinajstić information content (AvgIpc) is 2.66. The molecule has 0 aromatic heterocycles. The fraction of sp³-hybridized carbons (Fsp3) is 0.182. The van der Waals surface area contributed by atoms with Crippen LogP contribution in [-0.4, -0.2) is 6.54 Å². The molecule has 0 aliphatic carbocycles. The number of benzene rings is 3. The zero-order valence-electron chi connectivity index (χ0n) is 14.7. The van der Waals surface area contributed by atoms with Crippen LogP contribution in [0, 0.1) is 0 Å². The van der Waals surface area contributed by atoms with Gasteiger partial charge >= 0.3 is 6.18 Å². The Balaban J connectivity index is 1.50. The maximum Gasteiger partial charge on any atom is 0.416 e. The van der Waals surface area contributed by atoms with Gasteiger partial charge in [-0.3, -0.25) is 0 Å². The molecule has 2 nitrogen and oxygen atoms in total. The summed E-state index contributed by atoms with van der Waals surface area (Å²) < 4.78 is 44.0. The van der Waals surface area contributed by atoms with E-state index in [9.17, 15) is 13.2 Å². The lowest BCUT2D eigenvalue weighted by molar-refractivity contribution is -0.137. The predicted molar refractivity (Wildman–Crippen MR) is 99.8 cm³/mol. The third-order valence-corrected chi connectivity index (χ3v) is 4.05. The minimum atomic E-state index is -4.30. The molecule has 1 N–H and O–H groups in total. The molecule has 140 valence electrons. The number of rotatable bonds is 7. The van der Waals surface area contributed by atoms with Crippen molar-refractivity contribution in [3.05, 3.63) is 95.6 Å². The fourth-order valence-corrected chi connectivity index (χ4v) is 2.71. The first-order chi connectivity index (χ1) is 13.0. The molecule has 3 aromatic carbocycles. The predicted octanol–water partition coefficient (Wildman–Crippen LogP) is 5.83.